The summed E-state index contributed by atoms with van der Waals surface area (Å²) >= 11 is 0. The highest BCUT2D eigenvalue weighted by molar-refractivity contribution is 7.16. The van der Waals surface area contributed by atoms with E-state index in [0.717, 1.165) is 12.6 Å². The minimum atomic E-state index is -0.0480. The summed E-state index contributed by atoms with van der Waals surface area (Å²) in [4.78, 5) is 10.6. The smallest absolute Gasteiger partial charge is 0.217 e. The number of rotatable bonds is 3. The summed E-state index contributed by atoms with van der Waals surface area (Å²) in [7, 11) is 2.65. The number of hydrogen-bond donors (Lipinski definition) is 1. The van der Waals surface area contributed by atoms with Gasteiger partial charge in [-0.2, -0.15) is 0 Å². The van der Waals surface area contributed by atoms with E-state index in [4.69, 9.17) is 0 Å². The maximum absolute atomic E-state index is 10.6. The van der Waals surface area contributed by atoms with E-state index in [1.165, 1.54) is 0 Å². The Morgan fingerprint density at radius 3 is 2.40 bits per heavy atom. The second-order valence-corrected chi connectivity index (χ2v) is 3.68. The molecule has 10 heavy (non-hydrogen) atoms. The fourth-order valence-electron chi connectivity index (χ4n) is 0.900. The second-order valence-electron chi connectivity index (χ2n) is 3.10. The van der Waals surface area contributed by atoms with Crippen molar-refractivity contribution in [3.63, 3.8) is 0 Å². The van der Waals surface area contributed by atoms with Crippen LogP contribution >= 0.6 is 9.24 Å². The zero-order valence-corrected chi connectivity index (χ0v) is 8.05. The van der Waals surface area contributed by atoms with Crippen LogP contribution in [0.25, 0.3) is 0 Å². The molecule has 2 nitrogen and oxygen atoms in total. The highest BCUT2D eigenvalue weighted by Crippen LogP contribution is 2.09. The maximum atomic E-state index is 10.6. The van der Waals surface area contributed by atoms with Crippen LogP contribution < -0.4 is 5.32 Å². The topological polar surface area (TPSA) is 29.1 Å². The summed E-state index contributed by atoms with van der Waals surface area (Å²) in [6.07, 6.45) is 2.02. The van der Waals surface area contributed by atoms with Gasteiger partial charge in [-0.3, -0.25) is 4.79 Å². The Morgan fingerprint density at radius 2 is 2.10 bits per heavy atom. The summed E-state index contributed by atoms with van der Waals surface area (Å²) in [5.74, 6) is 0.0449. The van der Waals surface area contributed by atoms with Crippen LogP contribution in [-0.2, 0) is 4.79 Å². The molecule has 3 heteroatoms. The highest BCUT2D eigenvalue weighted by Gasteiger charge is 2.16. The SMILES string of the molecule is CC(=O)NC(C)(C)CCP. The van der Waals surface area contributed by atoms with Gasteiger partial charge in [-0.1, -0.05) is 0 Å². The van der Waals surface area contributed by atoms with Crippen LogP contribution in [0.4, 0.5) is 0 Å². The molecule has 0 aromatic rings. The zero-order chi connectivity index (χ0) is 8.20. The fourth-order valence-corrected chi connectivity index (χ4v) is 1.62. The first kappa shape index (κ1) is 9.90. The first-order valence-electron chi connectivity index (χ1n) is 3.47. The average Bonchev–Trinajstić information content (AvgIpc) is 1.59. The lowest BCUT2D eigenvalue weighted by Gasteiger charge is -2.24. The van der Waals surface area contributed by atoms with Gasteiger partial charge in [-0.25, -0.2) is 0 Å². The molecular formula is C7H16NOP. The van der Waals surface area contributed by atoms with Crippen LogP contribution in [-0.4, -0.2) is 17.6 Å². The lowest BCUT2D eigenvalue weighted by molar-refractivity contribution is -0.120. The molecule has 0 spiro atoms. The van der Waals surface area contributed by atoms with E-state index >= 15 is 0 Å². The summed E-state index contributed by atoms with van der Waals surface area (Å²) in [5.41, 5.74) is -0.0480. The molecule has 0 radical (unpaired) electrons. The van der Waals surface area contributed by atoms with Gasteiger partial charge >= 0.3 is 0 Å². The van der Waals surface area contributed by atoms with Gasteiger partial charge < -0.3 is 5.32 Å². The van der Waals surface area contributed by atoms with Crippen LogP contribution in [0.1, 0.15) is 27.2 Å². The molecule has 1 amide bonds. The number of hydrogen-bond acceptors (Lipinski definition) is 1. The molecule has 1 N–H and O–H groups in total. The molecule has 0 aliphatic rings. The Hall–Kier alpha value is -0.100. The molecule has 0 bridgehead atoms. The molecule has 1 atom stereocenters. The van der Waals surface area contributed by atoms with Crippen molar-refractivity contribution in [1.82, 2.24) is 5.32 Å². The second kappa shape index (κ2) is 3.92. The van der Waals surface area contributed by atoms with Crippen LogP contribution in [0.5, 0.6) is 0 Å². The van der Waals surface area contributed by atoms with Crippen molar-refractivity contribution in [2.24, 2.45) is 0 Å². The molecule has 0 aliphatic heterocycles. The minimum Gasteiger partial charge on any atom is -0.351 e. The van der Waals surface area contributed by atoms with E-state index < -0.39 is 0 Å². The molecule has 60 valence electrons. The average molecular weight is 161 g/mol. The first-order chi connectivity index (χ1) is 4.48. The van der Waals surface area contributed by atoms with Crippen LogP contribution in [0.2, 0.25) is 0 Å². The first-order valence-corrected chi connectivity index (χ1v) is 4.28. The lowest BCUT2D eigenvalue weighted by Crippen LogP contribution is -2.42. The molecular weight excluding hydrogens is 145 g/mol. The van der Waals surface area contributed by atoms with Gasteiger partial charge in [0, 0.05) is 12.5 Å². The van der Waals surface area contributed by atoms with Crippen LogP contribution in [0.15, 0.2) is 0 Å². The van der Waals surface area contributed by atoms with Gasteiger partial charge in [0.15, 0.2) is 0 Å². The van der Waals surface area contributed by atoms with E-state index in [-0.39, 0.29) is 11.4 Å². The van der Waals surface area contributed by atoms with Crippen molar-refractivity contribution in [3.05, 3.63) is 0 Å². The van der Waals surface area contributed by atoms with E-state index in [9.17, 15) is 4.79 Å². The molecule has 0 fully saturated rings. The van der Waals surface area contributed by atoms with E-state index in [2.05, 4.69) is 14.6 Å². The third-order valence-corrected chi connectivity index (χ3v) is 1.57. The lowest BCUT2D eigenvalue weighted by atomic mass is 10.0. The van der Waals surface area contributed by atoms with Crippen LogP contribution in [0, 0.1) is 0 Å². The van der Waals surface area contributed by atoms with Gasteiger partial charge in [-0.05, 0) is 26.4 Å². The Labute approximate surface area is 65.0 Å². The van der Waals surface area contributed by atoms with Crippen molar-refractivity contribution in [3.8, 4) is 0 Å². The third-order valence-electron chi connectivity index (χ3n) is 1.28. The number of nitrogens with one attached hydrogen (secondary N) is 1. The largest absolute Gasteiger partial charge is 0.351 e. The summed E-state index contributed by atoms with van der Waals surface area (Å²) in [6.45, 7) is 5.60. The van der Waals surface area contributed by atoms with E-state index in [1.54, 1.807) is 6.92 Å². The number of carbonyl (C=O) groups is 1. The summed E-state index contributed by atoms with van der Waals surface area (Å²) in [5, 5.41) is 2.87. The molecule has 0 saturated carbocycles. The Morgan fingerprint density at radius 1 is 1.60 bits per heavy atom. The molecule has 1 unspecified atom stereocenters. The van der Waals surface area contributed by atoms with Crippen molar-refractivity contribution in [2.45, 2.75) is 32.7 Å². The standard InChI is InChI=1S/C7H16NOP/c1-6(9)8-7(2,3)4-5-10/h4-5,10H2,1-3H3,(H,8,9). The normalized spacial score (nSPS) is 11.2. The Bertz CT molecular complexity index is 123. The van der Waals surface area contributed by atoms with Gasteiger partial charge in [0.05, 0.1) is 0 Å². The number of amides is 1. The van der Waals surface area contributed by atoms with Crippen molar-refractivity contribution in [2.75, 3.05) is 6.16 Å². The van der Waals surface area contributed by atoms with Gasteiger partial charge in [0.25, 0.3) is 0 Å². The number of carbonyl (C=O) groups excluding carboxylic acids is 1. The van der Waals surface area contributed by atoms with E-state index in [1.807, 2.05) is 13.8 Å². The maximum Gasteiger partial charge on any atom is 0.217 e. The highest BCUT2D eigenvalue weighted by atomic mass is 31.0. The van der Waals surface area contributed by atoms with Crippen molar-refractivity contribution < 1.29 is 4.79 Å². The minimum absolute atomic E-state index is 0.0449. The molecule has 0 aromatic carbocycles. The summed E-state index contributed by atoms with van der Waals surface area (Å²) in [6, 6.07) is 0. The van der Waals surface area contributed by atoms with Crippen molar-refractivity contribution in [1.29, 1.82) is 0 Å². The van der Waals surface area contributed by atoms with Crippen molar-refractivity contribution >= 4 is 15.1 Å². The third kappa shape index (κ3) is 4.75. The van der Waals surface area contributed by atoms with Gasteiger partial charge in [-0.15, -0.1) is 9.24 Å². The molecule has 0 heterocycles. The molecule has 0 rings (SSSR count). The molecule has 0 aromatic heterocycles. The Balaban J connectivity index is 3.74. The predicted molar refractivity (Wildman–Crippen MR) is 47.1 cm³/mol. The Kier molecular flexibility index (Phi) is 3.88. The predicted octanol–water partition coefficient (Wildman–Crippen LogP) is 1.17. The van der Waals surface area contributed by atoms with Crippen LogP contribution in [0.3, 0.4) is 0 Å². The van der Waals surface area contributed by atoms with Gasteiger partial charge in [0.2, 0.25) is 5.91 Å². The molecule has 0 saturated heterocycles. The summed E-state index contributed by atoms with van der Waals surface area (Å²) < 4.78 is 0. The van der Waals surface area contributed by atoms with E-state index in [0.29, 0.717) is 0 Å². The fraction of sp³-hybridized carbons (Fsp3) is 0.857. The van der Waals surface area contributed by atoms with Gasteiger partial charge in [0.1, 0.15) is 0 Å². The quantitative estimate of drug-likeness (QED) is 0.618. The molecule has 0 aliphatic carbocycles. The zero-order valence-electron chi connectivity index (χ0n) is 6.90. The monoisotopic (exact) mass is 161 g/mol.